The number of hydrogen-bond acceptors (Lipinski definition) is 2. The van der Waals surface area contributed by atoms with Crippen LogP contribution in [0.2, 0.25) is 0 Å². The average molecular weight is 303 g/mol. The summed E-state index contributed by atoms with van der Waals surface area (Å²) in [4.78, 5) is 24.0. The van der Waals surface area contributed by atoms with Crippen molar-refractivity contribution in [3.63, 3.8) is 0 Å². The van der Waals surface area contributed by atoms with Gasteiger partial charge in [0.25, 0.3) is 5.97 Å². The Morgan fingerprint density at radius 3 is 2.07 bits per heavy atom. The van der Waals surface area contributed by atoms with Crippen LogP contribution >= 0.6 is 0 Å². The Balaban J connectivity index is 0. The maximum atomic E-state index is 11.7. The summed E-state index contributed by atoms with van der Waals surface area (Å²) in [6.07, 6.45) is 0. The molecule has 0 aromatic carbocycles. The molecule has 1 N–H and O–H groups in total. The van der Waals surface area contributed by atoms with Crippen molar-refractivity contribution in [1.82, 2.24) is 4.90 Å². The van der Waals surface area contributed by atoms with Crippen molar-refractivity contribution in [2.45, 2.75) is 27.7 Å². The third kappa shape index (κ3) is 3.82. The van der Waals surface area contributed by atoms with Crippen LogP contribution in [0.1, 0.15) is 27.7 Å². The maximum absolute atomic E-state index is 11.7. The van der Waals surface area contributed by atoms with E-state index in [1.54, 1.807) is 14.0 Å². The van der Waals surface area contributed by atoms with Crippen LogP contribution in [-0.2, 0) is 29.1 Å². The van der Waals surface area contributed by atoms with Gasteiger partial charge in [0.2, 0.25) is 0 Å². The molecule has 1 amide bonds. The molecule has 0 atom stereocenters. The Morgan fingerprint density at radius 1 is 1.40 bits per heavy atom. The zero-order chi connectivity index (χ0) is 11.5. The molecule has 0 saturated heterocycles. The van der Waals surface area contributed by atoms with Crippen LogP contribution < -0.4 is 0 Å². The number of nitrogens with zero attached hydrogens (tertiary/aromatic N) is 1. The van der Waals surface area contributed by atoms with Crippen molar-refractivity contribution >= 4 is 11.9 Å². The van der Waals surface area contributed by atoms with Crippen molar-refractivity contribution in [1.29, 1.82) is 0 Å². The quantitative estimate of drug-likeness (QED) is 0.626. The first-order valence-corrected chi connectivity index (χ1v) is 4.58. The monoisotopic (exact) mass is 303 g/mol. The predicted molar refractivity (Wildman–Crippen MR) is 53.6 cm³/mol. The van der Waals surface area contributed by atoms with Gasteiger partial charge in [0.05, 0.1) is 5.91 Å². The zero-order valence-corrected chi connectivity index (χ0v) is 11.4. The van der Waals surface area contributed by atoms with Crippen molar-refractivity contribution < 1.29 is 34.2 Å². The van der Waals surface area contributed by atoms with Gasteiger partial charge in [-0.05, 0) is 12.3 Å². The van der Waals surface area contributed by atoms with E-state index in [9.17, 15) is 9.59 Å². The van der Waals surface area contributed by atoms with Gasteiger partial charge in [-0.3, -0.25) is 10.7 Å². The largest absolute Gasteiger partial charge is 0.483 e. The molecule has 0 bridgehead atoms. The molecule has 0 aliphatic heterocycles. The molecule has 0 spiro atoms. The summed E-state index contributed by atoms with van der Waals surface area (Å²) in [5.41, 5.74) is -1.10. The molecule has 0 aromatic heterocycles. The molecule has 0 unspecified atom stereocenters. The average Bonchev–Trinajstić information content (AvgIpc) is 2.13. The number of carboxylic acids is 1. The van der Waals surface area contributed by atoms with E-state index in [1.165, 1.54) is 18.7 Å². The molecule has 0 aliphatic carbocycles. The van der Waals surface area contributed by atoms with Gasteiger partial charge in [-0.15, -0.1) is 0 Å². The smallest absolute Gasteiger partial charge is 0.281 e. The first kappa shape index (κ1) is 16.8. The second kappa shape index (κ2) is 6.11. The summed E-state index contributed by atoms with van der Waals surface area (Å²) < 4.78 is 0. The number of amides is 1. The molecule has 0 aliphatic rings. The zero-order valence-electron chi connectivity index (χ0n) is 9.75. The predicted octanol–water partition coefficient (Wildman–Crippen LogP) is 1.17. The minimum Gasteiger partial charge on any atom is -0.483 e. The van der Waals surface area contributed by atoms with Gasteiger partial charge in [0.15, 0.2) is 0 Å². The second-order valence-electron chi connectivity index (χ2n) is 3.87. The topological polar surface area (TPSA) is 57.6 Å². The van der Waals surface area contributed by atoms with Crippen LogP contribution in [0.15, 0.2) is 0 Å². The normalized spacial score (nSPS) is 10.2. The molecule has 5 heteroatoms. The Kier molecular flexibility index (Phi) is 6.86. The molecule has 0 rings (SSSR count). The van der Waals surface area contributed by atoms with Gasteiger partial charge in [0.1, 0.15) is 0 Å². The summed E-state index contributed by atoms with van der Waals surface area (Å²) >= 11 is 0. The van der Waals surface area contributed by atoms with Crippen molar-refractivity contribution in [2.75, 3.05) is 13.6 Å². The second-order valence-corrected chi connectivity index (χ2v) is 3.87. The van der Waals surface area contributed by atoms with E-state index in [4.69, 9.17) is 5.11 Å². The third-order valence-corrected chi connectivity index (χ3v) is 2.61. The first-order valence-electron chi connectivity index (χ1n) is 4.58. The SMILES string of the molecule is CCN(C)C(=O)[C-](C)C(C)(C)C(=O)O.[Rh]. The third-order valence-electron chi connectivity index (χ3n) is 2.61. The molecule has 91 valence electrons. The van der Waals surface area contributed by atoms with Gasteiger partial charge in [-0.25, -0.2) is 0 Å². The maximum Gasteiger partial charge on any atom is 0.281 e. The summed E-state index contributed by atoms with van der Waals surface area (Å²) in [7, 11) is 1.66. The molecule has 0 fully saturated rings. The van der Waals surface area contributed by atoms with Crippen molar-refractivity contribution in [3.05, 3.63) is 5.92 Å². The van der Waals surface area contributed by atoms with Gasteiger partial charge >= 0.3 is 0 Å². The Labute approximate surface area is 104 Å². The van der Waals surface area contributed by atoms with Crippen LogP contribution in [-0.4, -0.2) is 35.5 Å². The number of carbonyl (C=O) groups excluding carboxylic acids is 1. The molecule has 4 nitrogen and oxygen atoms in total. The molecular weight excluding hydrogens is 285 g/mol. The van der Waals surface area contributed by atoms with E-state index in [1.807, 2.05) is 6.92 Å². The standard InChI is InChI=1S/C10H18NO3.Rh/c1-6-11(5)8(12)7(2)10(3,4)9(13)14;/h6H2,1-5H3,(H,13,14);/q-1;. The molecular formula is C10H18NO3Rh-. The fourth-order valence-electron chi connectivity index (χ4n) is 0.858. The van der Waals surface area contributed by atoms with E-state index in [0.717, 1.165) is 0 Å². The Hall–Kier alpha value is -0.567. The van der Waals surface area contributed by atoms with Crippen LogP contribution in [0.3, 0.4) is 0 Å². The summed E-state index contributed by atoms with van der Waals surface area (Å²) in [6, 6.07) is 0. The van der Waals surface area contributed by atoms with Crippen molar-refractivity contribution in [3.8, 4) is 0 Å². The Morgan fingerprint density at radius 2 is 1.80 bits per heavy atom. The fraction of sp³-hybridized carbons (Fsp3) is 0.700. The number of hydrogen-bond donors (Lipinski definition) is 1. The number of aliphatic carboxylic acids is 1. The Bertz CT molecular complexity index is 241. The molecule has 15 heavy (non-hydrogen) atoms. The van der Waals surface area contributed by atoms with E-state index in [-0.39, 0.29) is 25.4 Å². The minimum absolute atomic E-state index is 0. The molecule has 1 radical (unpaired) electrons. The van der Waals surface area contributed by atoms with E-state index in [0.29, 0.717) is 12.5 Å². The van der Waals surface area contributed by atoms with E-state index in [2.05, 4.69) is 0 Å². The van der Waals surface area contributed by atoms with Crippen LogP contribution in [0.5, 0.6) is 0 Å². The first-order chi connectivity index (χ1) is 6.25. The fourth-order valence-corrected chi connectivity index (χ4v) is 0.858. The van der Waals surface area contributed by atoms with Gasteiger partial charge in [-0.1, -0.05) is 13.8 Å². The summed E-state index contributed by atoms with van der Waals surface area (Å²) in [6.45, 7) is 7.06. The summed E-state index contributed by atoms with van der Waals surface area (Å²) in [5.74, 6) is -0.831. The van der Waals surface area contributed by atoms with Crippen LogP contribution in [0, 0.1) is 11.3 Å². The number of rotatable bonds is 4. The van der Waals surface area contributed by atoms with Gasteiger partial charge in [-0.2, -0.15) is 6.92 Å². The van der Waals surface area contributed by atoms with Gasteiger partial charge < -0.3 is 14.8 Å². The van der Waals surface area contributed by atoms with E-state index < -0.39 is 11.4 Å². The number of carboxylic acid groups (broad SMARTS) is 1. The van der Waals surface area contributed by atoms with Crippen LogP contribution in [0.4, 0.5) is 0 Å². The molecule has 0 heterocycles. The number of carbonyl (C=O) groups is 2. The van der Waals surface area contributed by atoms with E-state index >= 15 is 0 Å². The summed E-state index contributed by atoms with van der Waals surface area (Å²) in [5, 5.41) is 8.92. The van der Waals surface area contributed by atoms with Gasteiger partial charge in [0, 0.05) is 33.1 Å². The minimum atomic E-state index is -1.10. The molecule has 0 aromatic rings. The van der Waals surface area contributed by atoms with Crippen LogP contribution in [0.25, 0.3) is 0 Å². The molecule has 0 saturated carbocycles. The van der Waals surface area contributed by atoms with Crippen molar-refractivity contribution in [2.24, 2.45) is 5.41 Å².